The third-order valence-corrected chi connectivity index (χ3v) is 3.59. The van der Waals surface area contributed by atoms with E-state index in [4.69, 9.17) is 4.52 Å². The first kappa shape index (κ1) is 21.0. The number of carbonyl (C=O) groups excluding carboxylic acids is 1. The average Bonchev–Trinajstić information content (AvgIpc) is 2.93. The molecule has 0 aliphatic carbocycles. The van der Waals surface area contributed by atoms with Crippen molar-refractivity contribution in [1.29, 1.82) is 0 Å². The molecule has 0 bridgehead atoms. The summed E-state index contributed by atoms with van der Waals surface area (Å²) in [5.74, 6) is -0.965. The highest BCUT2D eigenvalue weighted by Gasteiger charge is 2.21. The first-order valence-electron chi connectivity index (χ1n) is 7.59. The normalized spacial score (nSPS) is 13.0. The van der Waals surface area contributed by atoms with Crippen molar-refractivity contribution in [1.82, 2.24) is 20.8 Å². The minimum absolute atomic E-state index is 0. The Kier molecular flexibility index (Phi) is 7.92. The highest BCUT2D eigenvalue weighted by atomic mass is 35.5. The minimum atomic E-state index is -0.739. The number of rotatable bonds is 7. The zero-order valence-corrected chi connectivity index (χ0v) is 15.0. The second-order valence-electron chi connectivity index (χ2n) is 5.62. The summed E-state index contributed by atoms with van der Waals surface area (Å²) in [4.78, 5) is 15.7. The Bertz CT molecular complexity index is 711. The van der Waals surface area contributed by atoms with Crippen LogP contribution in [-0.2, 0) is 17.6 Å². The zero-order chi connectivity index (χ0) is 17.7. The second kappa shape index (κ2) is 9.43. The third-order valence-electron chi connectivity index (χ3n) is 3.59. The number of hydrogen-bond acceptors (Lipinski definition) is 5. The van der Waals surface area contributed by atoms with Crippen molar-refractivity contribution in [3.8, 4) is 0 Å². The fourth-order valence-electron chi connectivity index (χ4n) is 2.27. The Morgan fingerprint density at radius 3 is 2.64 bits per heavy atom. The molecule has 2 unspecified atom stereocenters. The largest absolute Gasteiger partial charge is 0.349 e. The maximum absolute atomic E-state index is 14.0. The van der Waals surface area contributed by atoms with Gasteiger partial charge in [0.2, 0.25) is 11.8 Å². The summed E-state index contributed by atoms with van der Waals surface area (Å²) in [6.45, 7) is 3.30. The number of amides is 1. The quantitative estimate of drug-likeness (QED) is 0.777. The molecule has 0 aliphatic rings. The van der Waals surface area contributed by atoms with E-state index in [0.29, 0.717) is 12.2 Å². The fraction of sp³-hybridized carbons (Fsp3) is 0.438. The summed E-state index contributed by atoms with van der Waals surface area (Å²) in [6, 6.07) is 2.67. The molecule has 1 heterocycles. The van der Waals surface area contributed by atoms with Crippen LogP contribution in [0.2, 0.25) is 0 Å². The van der Waals surface area contributed by atoms with Crippen LogP contribution in [0.3, 0.4) is 0 Å². The first-order valence-corrected chi connectivity index (χ1v) is 7.59. The Morgan fingerprint density at radius 2 is 2.04 bits per heavy atom. The lowest BCUT2D eigenvalue weighted by molar-refractivity contribution is -0.119. The van der Waals surface area contributed by atoms with Gasteiger partial charge < -0.3 is 15.2 Å². The molecule has 138 valence electrons. The van der Waals surface area contributed by atoms with E-state index in [1.54, 1.807) is 0 Å². The molecule has 0 aliphatic heterocycles. The maximum Gasteiger partial charge on any atom is 0.229 e. The van der Waals surface area contributed by atoms with Crippen molar-refractivity contribution in [2.45, 2.75) is 38.8 Å². The molecule has 2 N–H and O–H groups in total. The molecule has 0 saturated carbocycles. The molecular formula is C16H21ClF2N4O2. The van der Waals surface area contributed by atoms with Gasteiger partial charge in [-0.05, 0) is 20.0 Å². The summed E-state index contributed by atoms with van der Waals surface area (Å²) in [6.07, 6.45) is 0.693. The number of nitrogens with one attached hydrogen (secondary N) is 2. The molecular weight excluding hydrogens is 354 g/mol. The summed E-state index contributed by atoms with van der Waals surface area (Å²) in [7, 11) is 1.83. The van der Waals surface area contributed by atoms with Crippen LogP contribution < -0.4 is 10.6 Å². The van der Waals surface area contributed by atoms with Crippen LogP contribution in [0.4, 0.5) is 8.78 Å². The number of aromatic nitrogens is 2. The fourth-order valence-corrected chi connectivity index (χ4v) is 2.27. The third kappa shape index (κ3) is 6.06. The van der Waals surface area contributed by atoms with Crippen molar-refractivity contribution in [2.24, 2.45) is 0 Å². The Morgan fingerprint density at radius 1 is 1.32 bits per heavy atom. The molecule has 2 atom stereocenters. The Hall–Kier alpha value is -2.06. The molecule has 0 fully saturated rings. The van der Waals surface area contributed by atoms with E-state index >= 15 is 0 Å². The lowest BCUT2D eigenvalue weighted by atomic mass is 10.0. The van der Waals surface area contributed by atoms with E-state index in [1.165, 1.54) is 13.0 Å². The Balaban J connectivity index is 0.00000312. The number of carbonyl (C=O) groups is 1. The van der Waals surface area contributed by atoms with Gasteiger partial charge in [-0.3, -0.25) is 4.79 Å². The maximum atomic E-state index is 14.0. The highest BCUT2D eigenvalue weighted by molar-refractivity contribution is 5.85. The summed E-state index contributed by atoms with van der Waals surface area (Å²) in [5.41, 5.74) is 0.162. The number of likely N-dealkylation sites (N-methyl/N-ethyl adjacent to an activating group) is 1. The average molecular weight is 375 g/mol. The van der Waals surface area contributed by atoms with Crippen LogP contribution >= 0.6 is 12.4 Å². The second-order valence-corrected chi connectivity index (χ2v) is 5.62. The van der Waals surface area contributed by atoms with Crippen molar-refractivity contribution in [3.05, 3.63) is 47.1 Å². The van der Waals surface area contributed by atoms with E-state index < -0.39 is 17.7 Å². The van der Waals surface area contributed by atoms with Crippen LogP contribution in [0, 0.1) is 11.6 Å². The van der Waals surface area contributed by atoms with Gasteiger partial charge in [-0.1, -0.05) is 11.2 Å². The summed E-state index contributed by atoms with van der Waals surface area (Å²) >= 11 is 0. The SMILES string of the molecule is CNC(C)Cc1noc(CC(NC(C)=O)c2ccc(F)cc2F)n1.Cl. The minimum Gasteiger partial charge on any atom is -0.349 e. The highest BCUT2D eigenvalue weighted by Crippen LogP contribution is 2.22. The number of benzene rings is 1. The van der Waals surface area contributed by atoms with Crippen molar-refractivity contribution < 1.29 is 18.1 Å². The Labute approximate surface area is 150 Å². The zero-order valence-electron chi connectivity index (χ0n) is 14.2. The molecule has 0 spiro atoms. The predicted molar refractivity (Wildman–Crippen MR) is 90.4 cm³/mol. The summed E-state index contributed by atoms with van der Waals surface area (Å²) < 4.78 is 32.3. The van der Waals surface area contributed by atoms with Crippen LogP contribution in [0.25, 0.3) is 0 Å². The van der Waals surface area contributed by atoms with E-state index in [-0.39, 0.29) is 42.2 Å². The van der Waals surface area contributed by atoms with Gasteiger partial charge in [0.15, 0.2) is 5.82 Å². The monoisotopic (exact) mass is 374 g/mol. The molecule has 25 heavy (non-hydrogen) atoms. The smallest absolute Gasteiger partial charge is 0.229 e. The molecule has 9 heteroatoms. The topological polar surface area (TPSA) is 80.0 Å². The first-order chi connectivity index (χ1) is 11.4. The van der Waals surface area contributed by atoms with E-state index in [9.17, 15) is 13.6 Å². The standard InChI is InChI=1S/C16H20F2N4O2.ClH/c1-9(19-3)6-15-21-16(24-22-15)8-14(20-10(2)23)12-5-4-11(17)7-13(12)18;/h4-5,7,9,14,19H,6,8H2,1-3H3,(H,20,23);1H. The van der Waals surface area contributed by atoms with Crippen molar-refractivity contribution in [2.75, 3.05) is 7.05 Å². The van der Waals surface area contributed by atoms with Gasteiger partial charge in [-0.25, -0.2) is 8.78 Å². The molecule has 1 aromatic heterocycles. The van der Waals surface area contributed by atoms with Gasteiger partial charge in [0.25, 0.3) is 0 Å². The van der Waals surface area contributed by atoms with Gasteiger partial charge in [-0.15, -0.1) is 12.4 Å². The molecule has 2 rings (SSSR count). The molecule has 0 radical (unpaired) electrons. The lowest BCUT2D eigenvalue weighted by Gasteiger charge is -2.17. The lowest BCUT2D eigenvalue weighted by Crippen LogP contribution is -2.28. The van der Waals surface area contributed by atoms with E-state index in [0.717, 1.165) is 12.1 Å². The van der Waals surface area contributed by atoms with Crippen LogP contribution in [-0.4, -0.2) is 29.1 Å². The molecule has 1 aromatic carbocycles. The van der Waals surface area contributed by atoms with Gasteiger partial charge in [0.1, 0.15) is 11.6 Å². The van der Waals surface area contributed by atoms with Gasteiger partial charge in [0, 0.05) is 31.0 Å². The van der Waals surface area contributed by atoms with Gasteiger partial charge >= 0.3 is 0 Å². The van der Waals surface area contributed by atoms with Crippen molar-refractivity contribution in [3.63, 3.8) is 0 Å². The van der Waals surface area contributed by atoms with Crippen LogP contribution in [0.5, 0.6) is 0 Å². The molecule has 0 saturated heterocycles. The molecule has 6 nitrogen and oxygen atoms in total. The van der Waals surface area contributed by atoms with E-state index in [2.05, 4.69) is 20.8 Å². The van der Waals surface area contributed by atoms with Crippen molar-refractivity contribution >= 4 is 18.3 Å². The van der Waals surface area contributed by atoms with Crippen LogP contribution in [0.15, 0.2) is 22.7 Å². The van der Waals surface area contributed by atoms with Gasteiger partial charge in [-0.2, -0.15) is 4.98 Å². The number of hydrogen-bond donors (Lipinski definition) is 2. The molecule has 2 aromatic rings. The summed E-state index contributed by atoms with van der Waals surface area (Å²) in [5, 5.41) is 9.56. The van der Waals surface area contributed by atoms with Gasteiger partial charge in [0.05, 0.1) is 12.5 Å². The molecule has 1 amide bonds. The van der Waals surface area contributed by atoms with Crippen LogP contribution in [0.1, 0.15) is 37.2 Å². The number of halogens is 3. The number of nitrogens with zero attached hydrogens (tertiary/aromatic N) is 2. The van der Waals surface area contributed by atoms with E-state index in [1.807, 2.05) is 14.0 Å². The predicted octanol–water partition coefficient (Wildman–Crippen LogP) is 2.34.